The molecule has 0 unspecified atom stereocenters. The Labute approximate surface area is 141 Å². The molecule has 0 aromatic carbocycles. The first-order valence-corrected chi connectivity index (χ1v) is 9.22. The van der Waals surface area contributed by atoms with Gasteiger partial charge in [0, 0.05) is 30.4 Å². The highest BCUT2D eigenvalue weighted by molar-refractivity contribution is 7.09. The summed E-state index contributed by atoms with van der Waals surface area (Å²) in [7, 11) is 0. The Morgan fingerprint density at radius 2 is 2.26 bits per heavy atom. The van der Waals surface area contributed by atoms with Crippen LogP contribution in [0.25, 0.3) is 0 Å². The van der Waals surface area contributed by atoms with Gasteiger partial charge in [0.25, 0.3) is 0 Å². The number of rotatable bonds is 9. The zero-order valence-corrected chi connectivity index (χ0v) is 14.5. The first-order chi connectivity index (χ1) is 11.1. The van der Waals surface area contributed by atoms with Crippen molar-refractivity contribution in [3.63, 3.8) is 0 Å². The fraction of sp³-hybridized carbons (Fsp3) is 0.647. The average molecular weight is 338 g/mol. The van der Waals surface area contributed by atoms with E-state index in [2.05, 4.69) is 23.7 Å². The van der Waals surface area contributed by atoms with E-state index < -0.39 is 5.97 Å². The van der Waals surface area contributed by atoms with Gasteiger partial charge in [-0.15, -0.1) is 11.3 Å². The van der Waals surface area contributed by atoms with Gasteiger partial charge in [-0.25, -0.2) is 0 Å². The van der Waals surface area contributed by atoms with Gasteiger partial charge in [-0.1, -0.05) is 19.4 Å². The van der Waals surface area contributed by atoms with Gasteiger partial charge in [0.1, 0.15) is 0 Å². The van der Waals surface area contributed by atoms with Crippen LogP contribution >= 0.6 is 11.3 Å². The second kappa shape index (κ2) is 9.03. The molecule has 5 nitrogen and oxygen atoms in total. The number of nitrogens with one attached hydrogen (secondary N) is 1. The Morgan fingerprint density at radius 1 is 1.43 bits per heavy atom. The Hall–Kier alpha value is -1.40. The van der Waals surface area contributed by atoms with Gasteiger partial charge in [0.15, 0.2) is 0 Å². The minimum absolute atomic E-state index is 0.0605. The summed E-state index contributed by atoms with van der Waals surface area (Å²) in [5.74, 6) is -0.353. The molecule has 1 saturated heterocycles. The van der Waals surface area contributed by atoms with Gasteiger partial charge < -0.3 is 10.4 Å². The molecule has 6 heteroatoms. The molecule has 2 rings (SSSR count). The Bertz CT molecular complexity index is 504. The molecular formula is C17H26N2O3S. The Balaban J connectivity index is 1.76. The number of likely N-dealkylation sites (tertiary alicyclic amines) is 1. The fourth-order valence-electron chi connectivity index (χ4n) is 3.26. The minimum atomic E-state index is -0.803. The van der Waals surface area contributed by atoms with Crippen LogP contribution in [0, 0.1) is 5.92 Å². The van der Waals surface area contributed by atoms with Crippen LogP contribution in [0.5, 0.6) is 0 Å². The zero-order chi connectivity index (χ0) is 16.7. The van der Waals surface area contributed by atoms with Gasteiger partial charge in [0.05, 0.1) is 6.54 Å². The number of nitrogens with zero attached hydrogens (tertiary/aromatic N) is 1. The lowest BCUT2D eigenvalue weighted by atomic mass is 9.98. The molecule has 2 N–H and O–H groups in total. The normalized spacial score (nSPS) is 21.4. The van der Waals surface area contributed by atoms with Crippen LogP contribution in [-0.2, 0) is 16.0 Å². The number of carboxylic acids is 1. The lowest BCUT2D eigenvalue weighted by molar-refractivity contribution is -0.138. The van der Waals surface area contributed by atoms with E-state index in [9.17, 15) is 9.59 Å². The number of thiophene rings is 1. The summed E-state index contributed by atoms with van der Waals surface area (Å²) in [5.41, 5.74) is 0. The highest BCUT2D eigenvalue weighted by atomic mass is 32.1. The van der Waals surface area contributed by atoms with Crippen molar-refractivity contribution in [3.8, 4) is 0 Å². The monoisotopic (exact) mass is 338 g/mol. The third kappa shape index (κ3) is 5.95. The maximum absolute atomic E-state index is 12.2. The van der Waals surface area contributed by atoms with E-state index in [4.69, 9.17) is 5.11 Å². The lowest BCUT2D eigenvalue weighted by Crippen LogP contribution is -2.40. The maximum atomic E-state index is 12.2. The largest absolute Gasteiger partial charge is 0.480 e. The zero-order valence-electron chi connectivity index (χ0n) is 13.7. The van der Waals surface area contributed by atoms with Crippen LogP contribution in [0.3, 0.4) is 0 Å². The number of carbonyl (C=O) groups excluding carboxylic acids is 1. The molecule has 0 saturated carbocycles. The van der Waals surface area contributed by atoms with Crippen LogP contribution in [0.1, 0.15) is 37.5 Å². The van der Waals surface area contributed by atoms with Gasteiger partial charge in [0.2, 0.25) is 5.91 Å². The molecule has 2 heterocycles. The number of carbonyl (C=O) groups is 2. The minimum Gasteiger partial charge on any atom is -0.480 e. The summed E-state index contributed by atoms with van der Waals surface area (Å²) >= 11 is 1.73. The summed E-state index contributed by atoms with van der Waals surface area (Å²) < 4.78 is 0. The van der Waals surface area contributed by atoms with E-state index in [1.807, 2.05) is 11.0 Å². The number of aryl methyl sites for hydroxylation is 1. The van der Waals surface area contributed by atoms with E-state index >= 15 is 0 Å². The number of carboxylic acid groups (broad SMARTS) is 1. The lowest BCUT2D eigenvalue weighted by Gasteiger charge is -2.19. The fourth-order valence-corrected chi connectivity index (χ4v) is 4.02. The van der Waals surface area contributed by atoms with E-state index in [0.717, 1.165) is 32.2 Å². The molecule has 128 valence electrons. The molecular weight excluding hydrogens is 312 g/mol. The van der Waals surface area contributed by atoms with Crippen molar-refractivity contribution in [2.45, 2.75) is 45.1 Å². The molecule has 0 aliphatic carbocycles. The van der Waals surface area contributed by atoms with Crippen LogP contribution in [0.15, 0.2) is 17.5 Å². The number of hydrogen-bond donors (Lipinski definition) is 2. The highest BCUT2D eigenvalue weighted by Crippen LogP contribution is 2.22. The predicted octanol–water partition coefficient (Wildman–Crippen LogP) is 2.37. The highest BCUT2D eigenvalue weighted by Gasteiger charge is 2.33. The molecule has 1 amide bonds. The van der Waals surface area contributed by atoms with Crippen molar-refractivity contribution in [3.05, 3.63) is 22.4 Å². The third-order valence-electron chi connectivity index (χ3n) is 4.29. The van der Waals surface area contributed by atoms with E-state index in [1.54, 1.807) is 11.3 Å². The molecule has 1 aliphatic rings. The van der Waals surface area contributed by atoms with Gasteiger partial charge in [-0.2, -0.15) is 0 Å². The van der Waals surface area contributed by atoms with E-state index in [-0.39, 0.29) is 18.5 Å². The van der Waals surface area contributed by atoms with Crippen molar-refractivity contribution in [1.29, 1.82) is 0 Å². The number of hydrogen-bond acceptors (Lipinski definition) is 4. The smallest absolute Gasteiger partial charge is 0.317 e. The SMILES string of the molecule is CCC[C@H]1CN(CC(=O)O)C[C@@H]1NC(=O)CCCc1cccs1. The predicted molar refractivity (Wildman–Crippen MR) is 91.7 cm³/mol. The average Bonchev–Trinajstić information content (AvgIpc) is 3.10. The van der Waals surface area contributed by atoms with Gasteiger partial charge in [-0.3, -0.25) is 14.5 Å². The van der Waals surface area contributed by atoms with Crippen LogP contribution < -0.4 is 5.32 Å². The molecule has 1 aromatic heterocycles. The standard InChI is InChI=1S/C17H26N2O3S/c1-2-5-13-10-19(12-17(21)22)11-15(13)18-16(20)8-3-6-14-7-4-9-23-14/h4,7,9,13,15H,2-3,5-6,8,10-12H2,1H3,(H,18,20)(H,21,22)/t13-,15-/m0/s1. The summed E-state index contributed by atoms with van der Waals surface area (Å²) in [6.07, 6.45) is 4.41. The maximum Gasteiger partial charge on any atom is 0.317 e. The number of amides is 1. The summed E-state index contributed by atoms with van der Waals surface area (Å²) in [6, 6.07) is 4.22. The van der Waals surface area contributed by atoms with Crippen molar-refractivity contribution < 1.29 is 14.7 Å². The molecule has 2 atom stereocenters. The Morgan fingerprint density at radius 3 is 2.91 bits per heavy atom. The van der Waals surface area contributed by atoms with Crippen LogP contribution in [0.2, 0.25) is 0 Å². The van der Waals surface area contributed by atoms with E-state index in [0.29, 0.717) is 18.9 Å². The topological polar surface area (TPSA) is 69.6 Å². The molecule has 0 spiro atoms. The van der Waals surface area contributed by atoms with Crippen molar-refractivity contribution in [1.82, 2.24) is 10.2 Å². The molecule has 1 aromatic rings. The second-order valence-corrected chi connectivity index (χ2v) is 7.28. The van der Waals surface area contributed by atoms with Crippen molar-refractivity contribution in [2.24, 2.45) is 5.92 Å². The summed E-state index contributed by atoms with van der Waals surface area (Å²) in [4.78, 5) is 26.3. The quantitative estimate of drug-likeness (QED) is 0.725. The molecule has 1 fully saturated rings. The van der Waals surface area contributed by atoms with Gasteiger partial charge in [-0.05, 0) is 36.6 Å². The molecule has 0 radical (unpaired) electrons. The van der Waals surface area contributed by atoms with Gasteiger partial charge >= 0.3 is 5.97 Å². The number of aliphatic carboxylic acids is 1. The van der Waals surface area contributed by atoms with Crippen LogP contribution in [0.4, 0.5) is 0 Å². The third-order valence-corrected chi connectivity index (χ3v) is 5.22. The molecule has 0 bridgehead atoms. The van der Waals surface area contributed by atoms with Crippen LogP contribution in [-0.4, -0.2) is 47.6 Å². The van der Waals surface area contributed by atoms with Crippen molar-refractivity contribution >= 4 is 23.2 Å². The Kier molecular flexibility index (Phi) is 7.05. The van der Waals surface area contributed by atoms with Crippen molar-refractivity contribution in [2.75, 3.05) is 19.6 Å². The first-order valence-electron chi connectivity index (χ1n) is 8.34. The molecule has 1 aliphatic heterocycles. The summed E-state index contributed by atoms with van der Waals surface area (Å²) in [6.45, 7) is 3.60. The molecule has 23 heavy (non-hydrogen) atoms. The first kappa shape index (κ1) is 17.9. The summed E-state index contributed by atoms with van der Waals surface area (Å²) in [5, 5.41) is 14.1. The van der Waals surface area contributed by atoms with E-state index in [1.165, 1.54) is 4.88 Å². The second-order valence-electron chi connectivity index (χ2n) is 6.24.